The van der Waals surface area contributed by atoms with E-state index in [1.165, 1.54) is 160 Å². The Morgan fingerprint density at radius 3 is 1.35 bits per heavy atom. The predicted molar refractivity (Wildman–Crippen MR) is 331 cm³/mol. The summed E-state index contributed by atoms with van der Waals surface area (Å²) in [5, 5.41) is 6.47. The van der Waals surface area contributed by atoms with Crippen molar-refractivity contribution in [2.24, 2.45) is 0 Å². The van der Waals surface area contributed by atoms with Crippen molar-refractivity contribution in [3.8, 4) is 67.0 Å². The van der Waals surface area contributed by atoms with Gasteiger partial charge in [-0.3, -0.25) is 0 Å². The van der Waals surface area contributed by atoms with Crippen LogP contribution in [0.25, 0.3) is 112 Å². The minimum Gasteiger partial charge on any atom is -0.310 e. The van der Waals surface area contributed by atoms with Crippen LogP contribution < -0.4 is 10.6 Å². The van der Waals surface area contributed by atoms with Gasteiger partial charge >= 0.3 is 0 Å². The molecular weight excluding hydrogens is 953 g/mol. The number of aromatic nitrogens is 2. The molecule has 0 fully saturated rings. The lowest BCUT2D eigenvalue weighted by atomic mass is 9.70. The maximum atomic E-state index is 2.52. The van der Waals surface area contributed by atoms with Crippen molar-refractivity contribution in [2.45, 2.75) is 45.4 Å². The summed E-state index contributed by atoms with van der Waals surface area (Å²) in [5.41, 5.74) is 30.1. The highest BCUT2D eigenvalue weighted by Gasteiger charge is 2.51. The number of hydrogen-bond acceptors (Lipinski definition) is 0. The van der Waals surface area contributed by atoms with Gasteiger partial charge in [0.1, 0.15) is 0 Å². The topological polar surface area (TPSA) is 9.86 Å². The van der Waals surface area contributed by atoms with Gasteiger partial charge in [0.2, 0.25) is 0 Å². The van der Waals surface area contributed by atoms with Crippen LogP contribution in [0.1, 0.15) is 62.4 Å². The third-order valence-electron chi connectivity index (χ3n) is 17.8. The summed E-state index contributed by atoms with van der Waals surface area (Å²) in [4.78, 5) is 0. The number of nitrogens with zero attached hydrogens (tertiary/aromatic N) is 2. The van der Waals surface area contributed by atoms with Gasteiger partial charge in [0.05, 0.1) is 22.0 Å². The van der Waals surface area contributed by atoms with Crippen molar-refractivity contribution in [3.63, 3.8) is 0 Å². The molecule has 374 valence electrons. The Hall–Kier alpha value is -9.50. The number of hydrogen-bond donors (Lipinski definition) is 0. The van der Waals surface area contributed by atoms with E-state index in [-0.39, 0.29) is 5.92 Å². The van der Waals surface area contributed by atoms with Crippen LogP contribution >= 0.6 is 0 Å². The summed E-state index contributed by atoms with van der Waals surface area (Å²) >= 11 is 0. The second-order valence-electron chi connectivity index (χ2n) is 22.7. The van der Waals surface area contributed by atoms with Crippen LogP contribution in [0.5, 0.6) is 0 Å². The Morgan fingerprint density at radius 2 is 0.772 bits per heavy atom. The molecule has 2 heterocycles. The summed E-state index contributed by atoms with van der Waals surface area (Å²) in [6.45, 7) is 8.77. The molecule has 0 N–H and O–H groups in total. The Labute approximate surface area is 461 Å². The molecule has 2 aromatic heterocycles. The van der Waals surface area contributed by atoms with E-state index in [0.717, 1.165) is 6.42 Å². The quantitative estimate of drug-likeness (QED) is 0.157. The van der Waals surface area contributed by atoms with E-state index in [4.69, 9.17) is 0 Å². The van der Waals surface area contributed by atoms with Crippen LogP contribution in [-0.2, 0) is 5.41 Å². The molecule has 1 atom stereocenters. The Morgan fingerprint density at radius 1 is 0.342 bits per heavy atom. The fourth-order valence-electron chi connectivity index (χ4n) is 14.5. The molecule has 0 amide bonds. The van der Waals surface area contributed by atoms with Gasteiger partial charge in [-0.05, 0) is 200 Å². The summed E-state index contributed by atoms with van der Waals surface area (Å²) in [5.74, 6) is 0.285. The molecule has 0 radical (unpaired) electrons. The third-order valence-corrected chi connectivity index (χ3v) is 17.8. The number of fused-ring (bicyclic) bond motifs is 16. The van der Waals surface area contributed by atoms with Gasteiger partial charge in [0, 0.05) is 44.0 Å². The predicted octanol–water partition coefficient (Wildman–Crippen LogP) is 18.1. The zero-order valence-electron chi connectivity index (χ0n) is 44.9. The van der Waals surface area contributed by atoms with Gasteiger partial charge in [0.25, 0.3) is 0 Å². The van der Waals surface area contributed by atoms with Gasteiger partial charge in [-0.15, -0.1) is 0 Å². The SMILES string of the molecule is Cc1cc(C)cc(-n2c3c(c4ccccc42)=CC(c2ccc(-c4ccc5c(c4)C4(c6ccccc6-c6ccccc64)c4cc(-c6ccc(-c7ccc8c(c7)c7ccccc7n8-c7cc(C)cc(C)c7)cc6)ccc4-5)cc2)CC=3)c1. The van der Waals surface area contributed by atoms with Gasteiger partial charge < -0.3 is 9.13 Å². The molecule has 0 bridgehead atoms. The summed E-state index contributed by atoms with van der Waals surface area (Å²) < 4.78 is 4.89. The van der Waals surface area contributed by atoms with E-state index in [1.807, 2.05) is 0 Å². The minimum absolute atomic E-state index is 0.285. The highest BCUT2D eigenvalue weighted by atomic mass is 15.0. The van der Waals surface area contributed by atoms with Crippen LogP contribution in [0, 0.1) is 27.7 Å². The maximum Gasteiger partial charge on any atom is 0.0725 e. The molecule has 0 saturated heterocycles. The molecule has 3 aliphatic rings. The fraction of sp³-hybridized carbons (Fsp3) is 0.0909. The molecule has 3 aliphatic carbocycles. The summed E-state index contributed by atoms with van der Waals surface area (Å²) in [6, 6.07) is 90.0. The smallest absolute Gasteiger partial charge is 0.0725 e. The first-order valence-electron chi connectivity index (χ1n) is 28.0. The molecule has 13 aromatic rings. The van der Waals surface area contributed by atoms with Crippen LogP contribution in [0.4, 0.5) is 0 Å². The van der Waals surface area contributed by atoms with Crippen molar-refractivity contribution in [1.29, 1.82) is 0 Å². The first kappa shape index (κ1) is 45.7. The second kappa shape index (κ2) is 17.3. The van der Waals surface area contributed by atoms with Crippen molar-refractivity contribution in [1.82, 2.24) is 9.13 Å². The van der Waals surface area contributed by atoms with E-state index in [2.05, 4.69) is 286 Å². The molecule has 1 unspecified atom stereocenters. The van der Waals surface area contributed by atoms with E-state index in [9.17, 15) is 0 Å². The van der Waals surface area contributed by atoms with Crippen LogP contribution in [0.2, 0.25) is 0 Å². The Kier molecular flexibility index (Phi) is 9.97. The van der Waals surface area contributed by atoms with Crippen molar-refractivity contribution in [3.05, 3.63) is 297 Å². The van der Waals surface area contributed by atoms with E-state index < -0.39 is 5.41 Å². The van der Waals surface area contributed by atoms with Crippen molar-refractivity contribution >= 4 is 44.9 Å². The molecular formula is C77H56N2. The van der Waals surface area contributed by atoms with E-state index in [0.29, 0.717) is 0 Å². The third kappa shape index (κ3) is 6.84. The lowest BCUT2D eigenvalue weighted by Gasteiger charge is -2.31. The Bertz CT molecular complexity index is 4760. The minimum atomic E-state index is -0.476. The zero-order valence-corrected chi connectivity index (χ0v) is 44.9. The number of para-hydroxylation sites is 2. The summed E-state index contributed by atoms with van der Waals surface area (Å²) in [7, 11) is 0. The number of rotatable bonds is 6. The highest BCUT2D eigenvalue weighted by Crippen LogP contribution is 2.63. The van der Waals surface area contributed by atoms with Crippen molar-refractivity contribution in [2.75, 3.05) is 0 Å². The summed E-state index contributed by atoms with van der Waals surface area (Å²) in [6.07, 6.45) is 5.94. The highest BCUT2D eigenvalue weighted by molar-refractivity contribution is 6.10. The molecule has 0 saturated carbocycles. The normalized spacial score (nSPS) is 14.5. The van der Waals surface area contributed by atoms with E-state index >= 15 is 0 Å². The first-order chi connectivity index (χ1) is 38.8. The number of aryl methyl sites for hydroxylation is 4. The Balaban J connectivity index is 0.764. The maximum absolute atomic E-state index is 2.52. The largest absolute Gasteiger partial charge is 0.310 e. The zero-order chi connectivity index (χ0) is 52.7. The fourth-order valence-corrected chi connectivity index (χ4v) is 14.5. The standard InChI is InChI=1S/C77H56N2/c1-47-37-48(2)40-59(39-47)78-73-19-11-7-15-65(73)67-43-55(31-35-75(67)78)51-21-25-53(26-22-51)57-29-33-63-64-34-30-58(46-72(64)77(71(63)45-57)69-17-9-5-13-61(69)62-14-6-10-18-70(62)77)54-27-23-52(24-28-54)56-32-36-76-68(44-56)66-16-8-12-20-74(66)79(76)60-41-49(3)38-50(4)42-60/h5-31,33-46,56H,32H2,1-4H3. The molecule has 79 heavy (non-hydrogen) atoms. The van der Waals surface area contributed by atoms with Crippen LogP contribution in [0.3, 0.4) is 0 Å². The average Bonchev–Trinajstić information content (AvgIpc) is 4.15. The molecule has 11 aromatic carbocycles. The molecule has 16 rings (SSSR count). The van der Waals surface area contributed by atoms with Gasteiger partial charge in [0.15, 0.2) is 0 Å². The second-order valence-corrected chi connectivity index (χ2v) is 22.7. The van der Waals surface area contributed by atoms with Gasteiger partial charge in [-0.2, -0.15) is 0 Å². The first-order valence-corrected chi connectivity index (χ1v) is 28.0. The van der Waals surface area contributed by atoms with E-state index in [1.54, 1.807) is 0 Å². The van der Waals surface area contributed by atoms with Gasteiger partial charge in [-0.25, -0.2) is 0 Å². The lowest BCUT2D eigenvalue weighted by molar-refractivity contribution is 0.794. The molecule has 2 heteroatoms. The molecule has 1 spiro atoms. The van der Waals surface area contributed by atoms with Crippen LogP contribution in [-0.4, -0.2) is 9.13 Å². The van der Waals surface area contributed by atoms with Crippen LogP contribution in [0.15, 0.2) is 237 Å². The van der Waals surface area contributed by atoms with Crippen molar-refractivity contribution < 1.29 is 0 Å². The lowest BCUT2D eigenvalue weighted by Crippen LogP contribution is -2.31. The molecule has 2 nitrogen and oxygen atoms in total. The van der Waals surface area contributed by atoms with Gasteiger partial charge in [-0.1, -0.05) is 188 Å². The monoisotopic (exact) mass is 1010 g/mol. The number of benzene rings is 11. The molecule has 0 aliphatic heterocycles. The average molecular weight is 1010 g/mol.